The molecule has 0 radical (unpaired) electrons. The van der Waals surface area contributed by atoms with Crippen molar-refractivity contribution >= 4 is 5.91 Å². The van der Waals surface area contributed by atoms with E-state index in [4.69, 9.17) is 0 Å². The quantitative estimate of drug-likeness (QED) is 0.752. The van der Waals surface area contributed by atoms with E-state index in [9.17, 15) is 4.79 Å². The first-order valence-electron chi connectivity index (χ1n) is 6.19. The highest BCUT2D eigenvalue weighted by atomic mass is 16.1. The minimum Gasteiger partial charge on any atom is -0.345 e. The van der Waals surface area contributed by atoms with Gasteiger partial charge >= 0.3 is 0 Å². The number of hydrogen-bond donors (Lipinski definition) is 2. The Balaban J connectivity index is 1.73. The summed E-state index contributed by atoms with van der Waals surface area (Å²) in [5.74, 6) is 0.482. The van der Waals surface area contributed by atoms with E-state index in [0.717, 1.165) is 5.69 Å². The normalized spacial score (nSPS) is 10.4. The first kappa shape index (κ1) is 12.2. The highest BCUT2D eigenvalue weighted by Crippen LogP contribution is 2.11. The lowest BCUT2D eigenvalue weighted by Crippen LogP contribution is -2.23. The van der Waals surface area contributed by atoms with E-state index in [2.05, 4.69) is 20.5 Å². The maximum Gasteiger partial charge on any atom is 0.251 e. The molecule has 6 nitrogen and oxygen atoms in total. The summed E-state index contributed by atoms with van der Waals surface area (Å²) in [4.78, 5) is 16.0. The number of nitrogens with zero attached hydrogens (tertiary/aromatic N) is 3. The fraction of sp³-hybridized carbons (Fsp3) is 0.0714. The summed E-state index contributed by atoms with van der Waals surface area (Å²) in [6, 6.07) is 11.3. The molecular weight excluding hydrogens is 254 g/mol. The number of aromatic nitrogens is 4. The van der Waals surface area contributed by atoms with Crippen LogP contribution in [0.4, 0.5) is 0 Å². The number of amides is 1. The van der Waals surface area contributed by atoms with E-state index in [1.54, 1.807) is 6.07 Å². The van der Waals surface area contributed by atoms with Crippen LogP contribution in [-0.4, -0.2) is 25.7 Å². The molecular formula is C14H13N5O. The molecule has 1 amide bonds. The Morgan fingerprint density at radius 1 is 1.25 bits per heavy atom. The molecule has 20 heavy (non-hydrogen) atoms. The van der Waals surface area contributed by atoms with Crippen LogP contribution in [0.15, 0.2) is 55.1 Å². The predicted octanol–water partition coefficient (Wildman–Crippen LogP) is 1.53. The van der Waals surface area contributed by atoms with Gasteiger partial charge in [0.05, 0.1) is 6.54 Å². The molecule has 0 bridgehead atoms. The van der Waals surface area contributed by atoms with E-state index in [0.29, 0.717) is 17.9 Å². The zero-order chi connectivity index (χ0) is 13.8. The molecule has 3 aromatic rings. The summed E-state index contributed by atoms with van der Waals surface area (Å²) in [6.07, 6.45) is 5.28. The third kappa shape index (κ3) is 2.59. The molecule has 0 aliphatic rings. The number of benzene rings is 1. The second-order valence-corrected chi connectivity index (χ2v) is 4.26. The average molecular weight is 267 g/mol. The summed E-state index contributed by atoms with van der Waals surface area (Å²) >= 11 is 0. The average Bonchev–Trinajstić information content (AvgIpc) is 3.18. The number of aromatic amines is 1. The number of H-pyrrole nitrogens is 1. The Labute approximate surface area is 115 Å². The maximum atomic E-state index is 12.1. The first-order chi connectivity index (χ1) is 9.83. The van der Waals surface area contributed by atoms with Gasteiger partial charge in [0.1, 0.15) is 12.2 Å². The number of hydrogen-bond acceptors (Lipinski definition) is 3. The minimum atomic E-state index is -0.143. The monoisotopic (exact) mass is 267 g/mol. The van der Waals surface area contributed by atoms with Crippen LogP contribution in [0, 0.1) is 0 Å². The number of nitrogens with one attached hydrogen (secondary N) is 2. The lowest BCUT2D eigenvalue weighted by Gasteiger charge is -2.07. The van der Waals surface area contributed by atoms with Crippen molar-refractivity contribution in [1.29, 1.82) is 0 Å². The van der Waals surface area contributed by atoms with Gasteiger partial charge in [-0.1, -0.05) is 6.07 Å². The van der Waals surface area contributed by atoms with Gasteiger partial charge < -0.3 is 9.88 Å². The maximum absolute atomic E-state index is 12.1. The molecule has 2 aromatic heterocycles. The Bertz CT molecular complexity index is 688. The fourth-order valence-electron chi connectivity index (χ4n) is 1.90. The van der Waals surface area contributed by atoms with E-state index >= 15 is 0 Å². The topological polar surface area (TPSA) is 75.6 Å². The van der Waals surface area contributed by atoms with Crippen molar-refractivity contribution in [2.75, 3.05) is 0 Å². The molecule has 0 unspecified atom stereocenters. The smallest absolute Gasteiger partial charge is 0.251 e. The third-order valence-electron chi connectivity index (χ3n) is 2.89. The van der Waals surface area contributed by atoms with Gasteiger partial charge in [-0.15, -0.1) is 0 Å². The van der Waals surface area contributed by atoms with Gasteiger partial charge in [0.2, 0.25) is 0 Å². The predicted molar refractivity (Wildman–Crippen MR) is 73.3 cm³/mol. The van der Waals surface area contributed by atoms with Crippen LogP contribution in [0.5, 0.6) is 0 Å². The SMILES string of the molecule is O=C(NCc1ncn[nH]1)c1cccc(-n2cccc2)c1. The zero-order valence-corrected chi connectivity index (χ0v) is 10.7. The van der Waals surface area contributed by atoms with Crippen LogP contribution < -0.4 is 5.32 Å². The van der Waals surface area contributed by atoms with Gasteiger partial charge in [0.15, 0.2) is 0 Å². The van der Waals surface area contributed by atoms with Crippen molar-refractivity contribution < 1.29 is 4.79 Å². The summed E-state index contributed by atoms with van der Waals surface area (Å²) in [7, 11) is 0. The molecule has 0 spiro atoms. The van der Waals surface area contributed by atoms with Crippen LogP contribution in [0.3, 0.4) is 0 Å². The number of carbonyl (C=O) groups excluding carboxylic acids is 1. The highest BCUT2D eigenvalue weighted by molar-refractivity contribution is 5.94. The Morgan fingerprint density at radius 2 is 2.10 bits per heavy atom. The Hall–Kier alpha value is -2.89. The number of carbonyl (C=O) groups is 1. The molecule has 0 aliphatic heterocycles. The molecule has 2 heterocycles. The second kappa shape index (κ2) is 5.40. The zero-order valence-electron chi connectivity index (χ0n) is 10.7. The van der Waals surface area contributed by atoms with Crippen LogP contribution in [0.25, 0.3) is 5.69 Å². The molecule has 100 valence electrons. The summed E-state index contributed by atoms with van der Waals surface area (Å²) in [5, 5.41) is 9.22. The fourth-order valence-corrected chi connectivity index (χ4v) is 1.90. The lowest BCUT2D eigenvalue weighted by atomic mass is 10.2. The highest BCUT2D eigenvalue weighted by Gasteiger charge is 2.07. The van der Waals surface area contributed by atoms with Gasteiger partial charge in [-0.05, 0) is 30.3 Å². The van der Waals surface area contributed by atoms with Crippen molar-refractivity contribution in [1.82, 2.24) is 25.1 Å². The van der Waals surface area contributed by atoms with Gasteiger partial charge in [-0.25, -0.2) is 4.98 Å². The molecule has 0 aliphatic carbocycles. The van der Waals surface area contributed by atoms with Crippen molar-refractivity contribution in [2.24, 2.45) is 0 Å². The van der Waals surface area contributed by atoms with Crippen molar-refractivity contribution in [3.63, 3.8) is 0 Å². The van der Waals surface area contributed by atoms with Gasteiger partial charge in [-0.3, -0.25) is 9.89 Å². The van der Waals surface area contributed by atoms with Crippen LogP contribution in [0.1, 0.15) is 16.2 Å². The van der Waals surface area contributed by atoms with Crippen LogP contribution in [-0.2, 0) is 6.54 Å². The summed E-state index contributed by atoms with van der Waals surface area (Å²) in [6.45, 7) is 0.326. The van der Waals surface area contributed by atoms with Crippen LogP contribution in [0.2, 0.25) is 0 Å². The van der Waals surface area contributed by atoms with E-state index in [-0.39, 0.29) is 5.91 Å². The van der Waals surface area contributed by atoms with Crippen LogP contribution >= 0.6 is 0 Å². The standard InChI is InChI=1S/C14H13N5O/c20-14(15-9-13-16-10-17-18-13)11-4-3-5-12(8-11)19-6-1-2-7-19/h1-8,10H,9H2,(H,15,20)(H,16,17,18). The largest absolute Gasteiger partial charge is 0.345 e. The van der Waals surface area contributed by atoms with E-state index in [1.807, 2.05) is 47.3 Å². The molecule has 0 fully saturated rings. The Kier molecular flexibility index (Phi) is 3.28. The minimum absolute atomic E-state index is 0.143. The summed E-state index contributed by atoms with van der Waals surface area (Å²) < 4.78 is 1.95. The van der Waals surface area contributed by atoms with E-state index in [1.165, 1.54) is 6.33 Å². The first-order valence-corrected chi connectivity index (χ1v) is 6.19. The molecule has 6 heteroatoms. The van der Waals surface area contributed by atoms with Crippen molar-refractivity contribution in [3.05, 3.63) is 66.5 Å². The van der Waals surface area contributed by atoms with Crippen molar-refractivity contribution in [3.8, 4) is 5.69 Å². The van der Waals surface area contributed by atoms with Gasteiger partial charge in [0, 0.05) is 23.6 Å². The molecule has 2 N–H and O–H groups in total. The van der Waals surface area contributed by atoms with E-state index < -0.39 is 0 Å². The number of rotatable bonds is 4. The molecule has 0 saturated heterocycles. The van der Waals surface area contributed by atoms with Crippen molar-refractivity contribution in [2.45, 2.75) is 6.54 Å². The second-order valence-electron chi connectivity index (χ2n) is 4.26. The molecule has 0 saturated carbocycles. The van der Waals surface area contributed by atoms with Gasteiger partial charge in [-0.2, -0.15) is 5.10 Å². The lowest BCUT2D eigenvalue weighted by molar-refractivity contribution is 0.0950. The molecule has 3 rings (SSSR count). The Morgan fingerprint density at radius 3 is 2.85 bits per heavy atom. The molecule has 0 atom stereocenters. The molecule has 1 aromatic carbocycles. The summed E-state index contributed by atoms with van der Waals surface area (Å²) in [5.41, 5.74) is 1.55. The van der Waals surface area contributed by atoms with Gasteiger partial charge in [0.25, 0.3) is 5.91 Å². The third-order valence-corrected chi connectivity index (χ3v) is 2.89.